The molecule has 4 saturated carbocycles. The Kier molecular flexibility index (Phi) is 21.7. The normalized spacial score (nSPS) is 39.2. The maximum absolute atomic E-state index is 10.0. The van der Waals surface area contributed by atoms with Crippen molar-refractivity contribution in [3.8, 4) is 0 Å². The van der Waals surface area contributed by atoms with Crippen molar-refractivity contribution < 1.29 is 20.4 Å². The van der Waals surface area contributed by atoms with E-state index in [1.54, 1.807) is 0 Å². The van der Waals surface area contributed by atoms with Crippen LogP contribution in [0.4, 0.5) is 0 Å². The third-order valence-corrected chi connectivity index (χ3v) is 14.1. The average molecular weight is 681 g/mol. The van der Waals surface area contributed by atoms with Gasteiger partial charge in [-0.3, -0.25) is 0 Å². The maximum Gasteiger partial charge on any atom is 0.0645 e. The maximum atomic E-state index is 10.0. The van der Waals surface area contributed by atoms with Gasteiger partial charge in [-0.2, -0.15) is 0 Å². The molecule has 0 aliphatic heterocycles. The minimum Gasteiger partial charge on any atom is -0.393 e. The highest BCUT2D eigenvalue weighted by Crippen LogP contribution is 2.42. The monoisotopic (exact) mass is 681 g/mol. The molecule has 48 heavy (non-hydrogen) atoms. The zero-order chi connectivity index (χ0) is 36.7. The Hall–Kier alpha value is -0.160. The Balaban J connectivity index is 0.000000321. The summed E-state index contributed by atoms with van der Waals surface area (Å²) in [6, 6.07) is 0. The topological polar surface area (TPSA) is 80.9 Å². The summed E-state index contributed by atoms with van der Waals surface area (Å²) < 4.78 is 0. The van der Waals surface area contributed by atoms with Gasteiger partial charge >= 0.3 is 0 Å². The molecule has 13 atom stereocenters. The van der Waals surface area contributed by atoms with E-state index in [1.807, 2.05) is 6.92 Å². The van der Waals surface area contributed by atoms with E-state index in [0.717, 1.165) is 61.2 Å². The van der Waals surface area contributed by atoms with Gasteiger partial charge < -0.3 is 20.4 Å². The SMILES string of the molecule is CCC(C)C1CCC(C)(C)C(O)C1.CCC(C)C1CCC(C)(O)C(C)C1.CCCC1CCC(C)C(O)C1.CCCC1CCC(O)C(C)C1. The van der Waals surface area contributed by atoms with Gasteiger partial charge in [-0.1, -0.05) is 121 Å². The molecule has 4 nitrogen and oxygen atoms in total. The second-order valence-electron chi connectivity index (χ2n) is 18.6. The summed E-state index contributed by atoms with van der Waals surface area (Å²) in [5.74, 6) is 6.49. The highest BCUT2D eigenvalue weighted by molar-refractivity contribution is 4.89. The van der Waals surface area contributed by atoms with Gasteiger partial charge in [0.05, 0.1) is 23.9 Å². The molecule has 4 heteroatoms. The van der Waals surface area contributed by atoms with Crippen molar-refractivity contribution in [2.45, 2.75) is 223 Å². The number of aliphatic hydroxyl groups excluding tert-OH is 3. The summed E-state index contributed by atoms with van der Waals surface area (Å²) >= 11 is 0. The van der Waals surface area contributed by atoms with Crippen LogP contribution in [0.5, 0.6) is 0 Å². The summed E-state index contributed by atoms with van der Waals surface area (Å²) in [4.78, 5) is 0. The van der Waals surface area contributed by atoms with Crippen molar-refractivity contribution in [1.29, 1.82) is 0 Å². The highest BCUT2D eigenvalue weighted by atomic mass is 16.3. The molecule has 4 fully saturated rings. The first kappa shape index (κ1) is 45.9. The molecule has 0 aromatic heterocycles. The van der Waals surface area contributed by atoms with E-state index < -0.39 is 5.60 Å². The third-order valence-electron chi connectivity index (χ3n) is 14.1. The van der Waals surface area contributed by atoms with Gasteiger partial charge in [0, 0.05) is 0 Å². The molecule has 0 radical (unpaired) electrons. The van der Waals surface area contributed by atoms with E-state index in [2.05, 4.69) is 76.2 Å². The van der Waals surface area contributed by atoms with E-state index in [0.29, 0.717) is 17.8 Å². The predicted octanol–water partition coefficient (Wildman–Crippen LogP) is 11.6. The van der Waals surface area contributed by atoms with Crippen molar-refractivity contribution >= 4 is 0 Å². The van der Waals surface area contributed by atoms with E-state index >= 15 is 0 Å². The van der Waals surface area contributed by atoms with Crippen LogP contribution >= 0.6 is 0 Å². The smallest absolute Gasteiger partial charge is 0.0645 e. The second-order valence-corrected chi connectivity index (χ2v) is 18.6. The molecular weight excluding hydrogens is 592 g/mol. The third kappa shape index (κ3) is 16.0. The first-order chi connectivity index (χ1) is 22.4. The van der Waals surface area contributed by atoms with Gasteiger partial charge in [-0.05, 0) is 136 Å². The van der Waals surface area contributed by atoms with Crippen LogP contribution in [0.15, 0.2) is 0 Å². The predicted molar refractivity (Wildman–Crippen MR) is 208 cm³/mol. The van der Waals surface area contributed by atoms with Crippen LogP contribution in [-0.2, 0) is 0 Å². The van der Waals surface area contributed by atoms with Gasteiger partial charge in [0.15, 0.2) is 0 Å². The van der Waals surface area contributed by atoms with E-state index in [4.69, 9.17) is 0 Å². The molecule has 0 saturated heterocycles. The molecule has 288 valence electrons. The Bertz CT molecular complexity index is 744. The fourth-order valence-corrected chi connectivity index (χ4v) is 8.91. The Morgan fingerprint density at radius 2 is 1.08 bits per heavy atom. The van der Waals surface area contributed by atoms with Crippen LogP contribution in [0.2, 0.25) is 0 Å². The highest BCUT2D eigenvalue weighted by Gasteiger charge is 2.37. The van der Waals surface area contributed by atoms with E-state index in [9.17, 15) is 20.4 Å². The molecule has 0 heterocycles. The van der Waals surface area contributed by atoms with Crippen LogP contribution in [0.3, 0.4) is 0 Å². The van der Waals surface area contributed by atoms with Crippen LogP contribution in [0, 0.1) is 58.7 Å². The largest absolute Gasteiger partial charge is 0.393 e. The van der Waals surface area contributed by atoms with Gasteiger partial charge in [-0.25, -0.2) is 0 Å². The molecule has 0 bridgehead atoms. The minimum atomic E-state index is -0.399. The summed E-state index contributed by atoms with van der Waals surface area (Å²) in [6.45, 7) is 26.5. The van der Waals surface area contributed by atoms with Crippen LogP contribution in [0.25, 0.3) is 0 Å². The minimum absolute atomic E-state index is 0.0110. The van der Waals surface area contributed by atoms with Crippen molar-refractivity contribution in [3.63, 3.8) is 0 Å². The quantitative estimate of drug-likeness (QED) is 0.206. The van der Waals surface area contributed by atoms with Crippen molar-refractivity contribution in [2.24, 2.45) is 58.7 Å². The molecule has 0 spiro atoms. The van der Waals surface area contributed by atoms with Gasteiger partial charge in [0.2, 0.25) is 0 Å². The number of aliphatic hydroxyl groups is 4. The number of hydrogen-bond donors (Lipinski definition) is 4. The van der Waals surface area contributed by atoms with E-state index in [-0.39, 0.29) is 23.7 Å². The number of hydrogen-bond acceptors (Lipinski definition) is 4. The standard InChI is InChI=1S/2C12H24O.2C10H20O/c1-5-9(2)10-6-7-12(3,4)11(13)8-10;1-5-9(2)11-6-7-12(4,13)10(3)8-11;1-3-4-9-5-6-10(11)8(2)7-9;1-3-4-9-6-5-8(2)10(11)7-9/h2*9-11,13H,5-8H2,1-4H3;2*8-11H,3-7H2,1-2H3. The van der Waals surface area contributed by atoms with Crippen LogP contribution in [-0.4, -0.2) is 44.3 Å². The van der Waals surface area contributed by atoms with Gasteiger partial charge in [0.25, 0.3) is 0 Å². The Morgan fingerprint density at radius 1 is 0.583 bits per heavy atom. The van der Waals surface area contributed by atoms with Gasteiger partial charge in [-0.15, -0.1) is 0 Å². The fraction of sp³-hybridized carbons (Fsp3) is 1.00. The first-order valence-electron chi connectivity index (χ1n) is 21.2. The Morgan fingerprint density at radius 3 is 1.54 bits per heavy atom. The molecule has 4 aliphatic carbocycles. The lowest BCUT2D eigenvalue weighted by atomic mass is 9.67. The summed E-state index contributed by atoms with van der Waals surface area (Å²) in [7, 11) is 0. The van der Waals surface area contributed by atoms with Crippen molar-refractivity contribution in [3.05, 3.63) is 0 Å². The molecule has 4 aliphatic rings. The number of rotatable bonds is 8. The molecule has 4 rings (SSSR count). The van der Waals surface area contributed by atoms with Crippen molar-refractivity contribution in [1.82, 2.24) is 0 Å². The lowest BCUT2D eigenvalue weighted by molar-refractivity contribution is -0.0461. The Labute approximate surface area is 301 Å². The average Bonchev–Trinajstić information content (AvgIpc) is 3.04. The molecule has 0 aromatic rings. The zero-order valence-corrected chi connectivity index (χ0v) is 34.4. The lowest BCUT2D eigenvalue weighted by Crippen LogP contribution is -2.39. The summed E-state index contributed by atoms with van der Waals surface area (Å²) in [5, 5.41) is 39.0. The fourth-order valence-electron chi connectivity index (χ4n) is 8.91. The van der Waals surface area contributed by atoms with Gasteiger partial charge in [0.1, 0.15) is 0 Å². The molecule has 13 unspecified atom stereocenters. The van der Waals surface area contributed by atoms with E-state index in [1.165, 1.54) is 89.9 Å². The zero-order valence-electron chi connectivity index (χ0n) is 34.4. The molecule has 4 N–H and O–H groups in total. The summed E-state index contributed by atoms with van der Waals surface area (Å²) in [5.41, 5.74) is -0.242. The molecule has 0 amide bonds. The van der Waals surface area contributed by atoms with Crippen LogP contribution in [0.1, 0.15) is 199 Å². The lowest BCUT2D eigenvalue weighted by Gasteiger charge is -2.41. The summed E-state index contributed by atoms with van der Waals surface area (Å²) in [6.07, 6.45) is 21.7. The molecule has 0 aromatic carbocycles. The first-order valence-corrected chi connectivity index (χ1v) is 21.2. The molecular formula is C44H88O4. The second kappa shape index (κ2) is 22.7. The van der Waals surface area contributed by atoms with Crippen molar-refractivity contribution in [2.75, 3.05) is 0 Å². The van der Waals surface area contributed by atoms with Crippen LogP contribution < -0.4 is 0 Å².